The maximum atomic E-state index is 11.6. The summed E-state index contributed by atoms with van der Waals surface area (Å²) in [5.41, 5.74) is 0. The van der Waals surface area contributed by atoms with Gasteiger partial charge in [-0.15, -0.1) is 0 Å². The van der Waals surface area contributed by atoms with Gasteiger partial charge in [-0.1, -0.05) is 26.2 Å². The number of amides is 1. The lowest BCUT2D eigenvalue weighted by Gasteiger charge is -2.13. The second-order valence-electron chi connectivity index (χ2n) is 4.12. The molecule has 0 bridgehead atoms. The van der Waals surface area contributed by atoms with E-state index in [2.05, 4.69) is 6.92 Å². The van der Waals surface area contributed by atoms with Gasteiger partial charge in [0, 0.05) is 13.0 Å². The van der Waals surface area contributed by atoms with Crippen molar-refractivity contribution in [3.8, 4) is 0 Å². The fourth-order valence-electron chi connectivity index (χ4n) is 1.85. The number of rotatable bonds is 6. The van der Waals surface area contributed by atoms with Crippen LogP contribution in [0.1, 0.15) is 39.0 Å². The number of carbonyl (C=O) groups is 1. The standard InChI is InChI=1S/C11H21NO2/c1-4-5-6-7-9-8-10(9)11(13)12(2)14-3/h9-10H,4-8H2,1-3H3/t9-,10-/m1/s1. The van der Waals surface area contributed by atoms with E-state index in [4.69, 9.17) is 4.84 Å². The molecule has 0 saturated heterocycles. The lowest BCUT2D eigenvalue weighted by Crippen LogP contribution is -2.27. The van der Waals surface area contributed by atoms with Gasteiger partial charge in [0.25, 0.3) is 0 Å². The summed E-state index contributed by atoms with van der Waals surface area (Å²) in [5, 5.41) is 1.35. The molecule has 0 heterocycles. The van der Waals surface area contributed by atoms with E-state index < -0.39 is 0 Å². The minimum Gasteiger partial charge on any atom is -0.275 e. The van der Waals surface area contributed by atoms with Crippen LogP contribution in [0.2, 0.25) is 0 Å². The Balaban J connectivity index is 2.15. The summed E-state index contributed by atoms with van der Waals surface area (Å²) in [6.07, 6.45) is 6.08. The monoisotopic (exact) mass is 199 g/mol. The summed E-state index contributed by atoms with van der Waals surface area (Å²) >= 11 is 0. The molecule has 1 amide bonds. The van der Waals surface area contributed by atoms with Crippen molar-refractivity contribution in [2.45, 2.75) is 39.0 Å². The number of carbonyl (C=O) groups excluding carboxylic acids is 1. The van der Waals surface area contributed by atoms with Gasteiger partial charge in [-0.2, -0.15) is 0 Å². The molecule has 1 rings (SSSR count). The number of nitrogens with zero attached hydrogens (tertiary/aromatic N) is 1. The second kappa shape index (κ2) is 5.35. The Morgan fingerprint density at radius 3 is 2.79 bits per heavy atom. The van der Waals surface area contributed by atoms with Crippen LogP contribution in [-0.4, -0.2) is 25.1 Å². The van der Waals surface area contributed by atoms with Crippen LogP contribution in [0.4, 0.5) is 0 Å². The molecule has 0 unspecified atom stereocenters. The molecule has 82 valence electrons. The highest BCUT2D eigenvalue weighted by atomic mass is 16.7. The van der Waals surface area contributed by atoms with Crippen LogP contribution >= 0.6 is 0 Å². The minimum absolute atomic E-state index is 0.147. The Bertz CT molecular complexity index is 194. The Morgan fingerprint density at radius 1 is 1.50 bits per heavy atom. The third-order valence-electron chi connectivity index (χ3n) is 3.00. The molecule has 0 spiro atoms. The number of hydroxylamine groups is 2. The fraction of sp³-hybridized carbons (Fsp3) is 0.909. The van der Waals surface area contributed by atoms with E-state index in [1.807, 2.05) is 0 Å². The SMILES string of the molecule is CCCCC[C@@H]1C[C@H]1C(=O)N(C)OC. The first kappa shape index (κ1) is 11.5. The fourth-order valence-corrected chi connectivity index (χ4v) is 1.85. The van der Waals surface area contributed by atoms with Crippen molar-refractivity contribution < 1.29 is 9.63 Å². The molecule has 0 aliphatic heterocycles. The van der Waals surface area contributed by atoms with Gasteiger partial charge in [0.15, 0.2) is 0 Å². The van der Waals surface area contributed by atoms with Crippen molar-refractivity contribution in [1.82, 2.24) is 5.06 Å². The molecule has 3 heteroatoms. The van der Waals surface area contributed by atoms with Gasteiger partial charge in [-0.25, -0.2) is 5.06 Å². The zero-order chi connectivity index (χ0) is 10.6. The smallest absolute Gasteiger partial charge is 0.249 e. The summed E-state index contributed by atoms with van der Waals surface area (Å²) in [6, 6.07) is 0. The van der Waals surface area contributed by atoms with Crippen molar-refractivity contribution >= 4 is 5.91 Å². The van der Waals surface area contributed by atoms with Crippen molar-refractivity contribution in [2.75, 3.05) is 14.2 Å². The molecule has 0 aromatic rings. The van der Waals surface area contributed by atoms with Crippen LogP contribution in [0.15, 0.2) is 0 Å². The number of unbranched alkanes of at least 4 members (excludes halogenated alkanes) is 2. The molecule has 3 nitrogen and oxygen atoms in total. The predicted octanol–water partition coefficient (Wildman–Crippen LogP) is 2.22. The normalized spacial score (nSPS) is 24.8. The van der Waals surface area contributed by atoms with Gasteiger partial charge in [0.2, 0.25) is 5.91 Å². The highest BCUT2D eigenvalue weighted by Crippen LogP contribution is 2.43. The van der Waals surface area contributed by atoms with Crippen LogP contribution in [-0.2, 0) is 9.63 Å². The average Bonchev–Trinajstić information content (AvgIpc) is 2.95. The molecule has 0 radical (unpaired) electrons. The lowest BCUT2D eigenvalue weighted by molar-refractivity contribution is -0.170. The van der Waals surface area contributed by atoms with E-state index in [9.17, 15) is 4.79 Å². The maximum Gasteiger partial charge on any atom is 0.249 e. The maximum absolute atomic E-state index is 11.6. The summed E-state index contributed by atoms with van der Waals surface area (Å²) in [5.74, 6) is 1.03. The molecule has 1 saturated carbocycles. The Labute approximate surface area is 86.4 Å². The summed E-state index contributed by atoms with van der Waals surface area (Å²) in [7, 11) is 3.22. The quantitative estimate of drug-likeness (QED) is 0.485. The van der Waals surface area contributed by atoms with E-state index >= 15 is 0 Å². The first-order valence-corrected chi connectivity index (χ1v) is 5.52. The Morgan fingerprint density at radius 2 is 2.21 bits per heavy atom. The molecule has 0 aromatic carbocycles. The lowest BCUT2D eigenvalue weighted by atomic mass is 10.1. The van der Waals surface area contributed by atoms with Gasteiger partial charge in [-0.05, 0) is 18.8 Å². The first-order valence-electron chi connectivity index (χ1n) is 5.52. The first-order chi connectivity index (χ1) is 6.70. The summed E-state index contributed by atoms with van der Waals surface area (Å²) < 4.78 is 0. The third kappa shape index (κ3) is 2.98. The summed E-state index contributed by atoms with van der Waals surface area (Å²) in [6.45, 7) is 2.20. The Hall–Kier alpha value is -0.570. The van der Waals surface area contributed by atoms with Crippen LogP contribution < -0.4 is 0 Å². The molecule has 1 aliphatic carbocycles. The van der Waals surface area contributed by atoms with Crippen molar-refractivity contribution in [3.63, 3.8) is 0 Å². The van der Waals surface area contributed by atoms with Crippen molar-refractivity contribution in [2.24, 2.45) is 11.8 Å². The molecule has 14 heavy (non-hydrogen) atoms. The zero-order valence-electron chi connectivity index (χ0n) is 9.45. The van der Waals surface area contributed by atoms with Crippen molar-refractivity contribution in [1.29, 1.82) is 0 Å². The van der Waals surface area contributed by atoms with E-state index in [1.165, 1.54) is 37.9 Å². The Kier molecular flexibility index (Phi) is 4.39. The van der Waals surface area contributed by atoms with E-state index in [0.717, 1.165) is 6.42 Å². The van der Waals surface area contributed by atoms with Crippen LogP contribution in [0.25, 0.3) is 0 Å². The third-order valence-corrected chi connectivity index (χ3v) is 3.00. The number of hydrogen-bond donors (Lipinski definition) is 0. The number of hydrogen-bond acceptors (Lipinski definition) is 2. The summed E-state index contributed by atoms with van der Waals surface area (Å²) in [4.78, 5) is 16.5. The molecular weight excluding hydrogens is 178 g/mol. The highest BCUT2D eigenvalue weighted by Gasteiger charge is 2.43. The van der Waals surface area contributed by atoms with Crippen molar-refractivity contribution in [3.05, 3.63) is 0 Å². The van der Waals surface area contributed by atoms with Crippen LogP contribution in [0.3, 0.4) is 0 Å². The topological polar surface area (TPSA) is 29.5 Å². The van der Waals surface area contributed by atoms with Gasteiger partial charge in [0.1, 0.15) is 0 Å². The molecule has 2 atom stereocenters. The van der Waals surface area contributed by atoms with E-state index in [0.29, 0.717) is 5.92 Å². The van der Waals surface area contributed by atoms with Gasteiger partial charge in [-0.3, -0.25) is 9.63 Å². The van der Waals surface area contributed by atoms with Gasteiger partial charge in [0.05, 0.1) is 7.11 Å². The van der Waals surface area contributed by atoms with E-state index in [1.54, 1.807) is 7.05 Å². The van der Waals surface area contributed by atoms with Gasteiger partial charge >= 0.3 is 0 Å². The largest absolute Gasteiger partial charge is 0.275 e. The molecule has 1 aliphatic rings. The molecule has 0 aromatic heterocycles. The highest BCUT2D eigenvalue weighted by molar-refractivity contribution is 5.80. The zero-order valence-corrected chi connectivity index (χ0v) is 9.45. The molecule has 0 N–H and O–H groups in total. The van der Waals surface area contributed by atoms with E-state index in [-0.39, 0.29) is 11.8 Å². The van der Waals surface area contributed by atoms with Crippen LogP contribution in [0.5, 0.6) is 0 Å². The molecular formula is C11H21NO2. The second-order valence-corrected chi connectivity index (χ2v) is 4.12. The van der Waals surface area contributed by atoms with Crippen LogP contribution in [0, 0.1) is 11.8 Å². The molecule has 1 fully saturated rings. The predicted molar refractivity (Wildman–Crippen MR) is 55.5 cm³/mol. The van der Waals surface area contributed by atoms with Gasteiger partial charge < -0.3 is 0 Å². The average molecular weight is 199 g/mol. The minimum atomic E-state index is 0.147.